The molecule has 0 aliphatic heterocycles. The number of esters is 3. The van der Waals surface area contributed by atoms with E-state index in [4.69, 9.17) is 27.8 Å². The smallest absolute Gasteiger partial charge is 0.342 e. The predicted octanol–water partition coefficient (Wildman–Crippen LogP) is 6.62. The number of carbonyl (C=O) groups is 3. The molecule has 0 aromatic heterocycles. The summed E-state index contributed by atoms with van der Waals surface area (Å²) in [4.78, 5) is 33.1. The van der Waals surface area contributed by atoms with Gasteiger partial charge >= 0.3 is 25.5 Å². The van der Waals surface area contributed by atoms with Crippen molar-refractivity contribution in [2.75, 3.05) is 6.66 Å². The highest BCUT2D eigenvalue weighted by molar-refractivity contribution is 7.59. The van der Waals surface area contributed by atoms with Gasteiger partial charge in [-0.25, -0.2) is 0 Å². The summed E-state index contributed by atoms with van der Waals surface area (Å²) in [5.41, 5.74) is 0. The van der Waals surface area contributed by atoms with Crippen LogP contribution in [0.5, 0.6) is 0 Å². The molecule has 0 saturated heterocycles. The normalized spacial score (nSPS) is 15.0. The molecule has 13 heteroatoms. The Kier molecular flexibility index (Phi) is 13.0. The number of ether oxygens (including phenoxy) is 3. The second-order valence-corrected chi connectivity index (χ2v) is 17.9. The van der Waals surface area contributed by atoms with Crippen molar-refractivity contribution in [3.63, 3.8) is 0 Å². The maximum absolute atomic E-state index is 13.2. The van der Waals surface area contributed by atoms with Gasteiger partial charge in [-0.3, -0.25) is 37.1 Å². The molecule has 0 aromatic rings. The zero-order valence-corrected chi connectivity index (χ0v) is 27.2. The van der Waals surface area contributed by atoms with E-state index in [1.54, 1.807) is 41.3 Å². The third kappa shape index (κ3) is 15.1. The van der Waals surface area contributed by atoms with E-state index in [0.29, 0.717) is 0 Å². The van der Waals surface area contributed by atoms with E-state index >= 15 is 0 Å². The van der Waals surface area contributed by atoms with E-state index in [-0.39, 0.29) is 0 Å². The lowest BCUT2D eigenvalue weighted by Gasteiger charge is -2.39. The molecule has 0 radical (unpaired) electrons. The molecule has 0 aliphatic carbocycles. The minimum absolute atomic E-state index is 0.450. The molecule has 0 rings (SSSR count). The van der Waals surface area contributed by atoms with Crippen LogP contribution in [0.1, 0.15) is 104 Å². The molecular formula is C24H48O11P2. The van der Waals surface area contributed by atoms with Crippen LogP contribution in [-0.4, -0.2) is 52.2 Å². The van der Waals surface area contributed by atoms with Crippen LogP contribution >= 0.6 is 15.0 Å². The summed E-state index contributed by atoms with van der Waals surface area (Å²) in [5, 5.41) is -1.40. The first-order valence-electron chi connectivity index (χ1n) is 11.8. The third-order valence-electron chi connectivity index (χ3n) is 4.28. The fraction of sp³-hybridized carbons (Fsp3) is 0.875. The van der Waals surface area contributed by atoms with Crippen molar-refractivity contribution < 1.29 is 51.3 Å². The van der Waals surface area contributed by atoms with Gasteiger partial charge in [0.05, 0.1) is 5.16 Å². The van der Waals surface area contributed by atoms with Crippen LogP contribution in [0, 0.1) is 0 Å². The summed E-state index contributed by atoms with van der Waals surface area (Å²) in [5.74, 6) is -5.67. The second-order valence-electron chi connectivity index (χ2n) is 11.9. The predicted molar refractivity (Wildman–Crippen MR) is 141 cm³/mol. The van der Waals surface area contributed by atoms with Gasteiger partial charge in [-0.1, -0.05) is 20.8 Å². The van der Waals surface area contributed by atoms with Gasteiger partial charge in [0.1, 0.15) is 0 Å². The number of rotatable bonds is 9. The lowest BCUT2D eigenvalue weighted by atomic mass is 10.3. The Balaban J connectivity index is 0. The Hall–Kier alpha value is -1.25. The maximum atomic E-state index is 13.2. The molecule has 0 heterocycles. The first-order valence-corrected chi connectivity index (χ1v) is 15.4. The maximum Gasteiger partial charge on any atom is 0.342 e. The summed E-state index contributed by atoms with van der Waals surface area (Å²) in [6.45, 7) is 24.7. The van der Waals surface area contributed by atoms with Crippen molar-refractivity contribution in [1.29, 1.82) is 0 Å². The fourth-order valence-electron chi connectivity index (χ4n) is 2.52. The Morgan fingerprint density at radius 1 is 0.486 bits per heavy atom. The lowest BCUT2D eigenvalue weighted by Crippen LogP contribution is -2.37. The van der Waals surface area contributed by atoms with Crippen molar-refractivity contribution in [3.05, 3.63) is 0 Å². The van der Waals surface area contributed by atoms with Gasteiger partial charge in [0.25, 0.3) is 0 Å². The molecule has 0 aliphatic rings. The van der Waals surface area contributed by atoms with Crippen LogP contribution in [0.4, 0.5) is 0 Å². The monoisotopic (exact) mass is 574 g/mol. The molecule has 1 unspecified atom stereocenters. The van der Waals surface area contributed by atoms with Crippen LogP contribution in [0.15, 0.2) is 0 Å². The zero-order valence-electron chi connectivity index (χ0n) is 25.4. The van der Waals surface area contributed by atoms with E-state index in [9.17, 15) is 23.5 Å². The molecule has 0 N–H and O–H groups in total. The van der Waals surface area contributed by atoms with Crippen molar-refractivity contribution in [3.8, 4) is 0 Å². The van der Waals surface area contributed by atoms with Crippen molar-refractivity contribution in [2.24, 2.45) is 0 Å². The van der Waals surface area contributed by atoms with Crippen LogP contribution in [-0.2, 0) is 51.3 Å². The Bertz CT molecular complexity index is 873. The van der Waals surface area contributed by atoms with E-state index in [1.165, 1.54) is 48.5 Å². The molecule has 37 heavy (non-hydrogen) atoms. The molecule has 0 amide bonds. The number of hydrogen-bond donors (Lipinski definition) is 0. The first kappa shape index (κ1) is 37.9. The molecule has 0 bridgehead atoms. The highest BCUT2D eigenvalue weighted by atomic mass is 31.2. The van der Waals surface area contributed by atoms with E-state index in [2.05, 4.69) is 0 Å². The summed E-state index contributed by atoms with van der Waals surface area (Å²) in [6.07, 6.45) is 0. The van der Waals surface area contributed by atoms with Gasteiger partial charge in [-0.05, 0) is 20.8 Å². The molecule has 11 nitrogen and oxygen atoms in total. The van der Waals surface area contributed by atoms with Gasteiger partial charge < -0.3 is 14.2 Å². The van der Waals surface area contributed by atoms with Gasteiger partial charge in [0.2, 0.25) is 24.7 Å². The molecule has 220 valence electrons. The Morgan fingerprint density at radius 3 is 0.919 bits per heavy atom. The Labute approximate surface area is 222 Å². The van der Waals surface area contributed by atoms with Crippen molar-refractivity contribution >= 4 is 32.9 Å². The molecule has 1 atom stereocenters. The summed E-state index contributed by atoms with van der Waals surface area (Å²) < 4.78 is 56.8. The van der Waals surface area contributed by atoms with Gasteiger partial charge in [0.15, 0.2) is 0 Å². The average molecular weight is 575 g/mol. The topological polar surface area (TPSA) is 141 Å². The minimum atomic E-state index is -3.81. The summed E-state index contributed by atoms with van der Waals surface area (Å²) in [6, 6.07) is 0. The second kappa shape index (κ2) is 12.7. The standard InChI is InChI=1S/C14H27O7P.C10H21O4P/c1-10(15)18-13(6,7)20-22(17,12(3,4)5)21-14(8,9)19-11(2)16;1-8(11)13-10(5,6)14-15(7,12)9(2,3)4/h1-9H3;1-7H3. The Morgan fingerprint density at radius 2 is 0.730 bits per heavy atom. The van der Waals surface area contributed by atoms with Crippen LogP contribution in [0.2, 0.25) is 0 Å². The molecule has 0 saturated carbocycles. The lowest BCUT2D eigenvalue weighted by molar-refractivity contribution is -0.200. The van der Waals surface area contributed by atoms with E-state index < -0.39 is 60.5 Å². The van der Waals surface area contributed by atoms with Crippen molar-refractivity contribution in [1.82, 2.24) is 0 Å². The molecule has 0 fully saturated rings. The van der Waals surface area contributed by atoms with Crippen molar-refractivity contribution in [2.45, 2.75) is 132 Å². The summed E-state index contributed by atoms with van der Waals surface area (Å²) in [7, 11) is -6.64. The number of carbonyl (C=O) groups excluding carboxylic acids is 3. The first-order chi connectivity index (χ1) is 15.9. The molecule has 0 spiro atoms. The highest BCUT2D eigenvalue weighted by Gasteiger charge is 2.49. The quantitative estimate of drug-likeness (QED) is 0.127. The summed E-state index contributed by atoms with van der Waals surface area (Å²) >= 11 is 0. The molecule has 0 aromatic carbocycles. The third-order valence-corrected chi connectivity index (χ3v) is 10.5. The van der Waals surface area contributed by atoms with E-state index in [0.717, 1.165) is 0 Å². The van der Waals surface area contributed by atoms with Gasteiger partial charge in [0, 0.05) is 74.1 Å². The minimum Gasteiger partial charge on any atom is -0.433 e. The fourth-order valence-corrected chi connectivity index (χ4v) is 5.49. The largest absolute Gasteiger partial charge is 0.433 e. The van der Waals surface area contributed by atoms with Gasteiger partial charge in [-0.2, -0.15) is 0 Å². The average Bonchev–Trinajstić information content (AvgIpc) is 2.45. The van der Waals surface area contributed by atoms with Crippen LogP contribution in [0.3, 0.4) is 0 Å². The van der Waals surface area contributed by atoms with E-state index in [1.807, 2.05) is 20.8 Å². The van der Waals surface area contributed by atoms with Crippen LogP contribution < -0.4 is 0 Å². The van der Waals surface area contributed by atoms with Crippen LogP contribution in [0.25, 0.3) is 0 Å². The SMILES string of the molecule is CC(=O)OC(C)(C)OP(=O)(OC(C)(C)OC(C)=O)C(C)(C)C.CC(=O)OC(C)(C)OP(C)(=O)C(C)(C)C. The van der Waals surface area contributed by atoms with Gasteiger partial charge in [-0.15, -0.1) is 0 Å². The number of hydrogen-bond acceptors (Lipinski definition) is 11. The molecular weight excluding hydrogens is 526 g/mol. The highest BCUT2D eigenvalue weighted by Crippen LogP contribution is 2.64. The zero-order chi connectivity index (χ0) is 30.5.